The third-order valence-electron chi connectivity index (χ3n) is 3.07. The summed E-state index contributed by atoms with van der Waals surface area (Å²) in [6.07, 6.45) is 2.77. The average molecular weight is 182 g/mol. The van der Waals surface area contributed by atoms with Gasteiger partial charge in [0.15, 0.2) is 0 Å². The smallest absolute Gasteiger partial charge is 0.0161 e. The second-order valence-electron chi connectivity index (χ2n) is 4.38. The Hall–Kier alpha value is -1.30. The molecule has 0 bridgehead atoms. The summed E-state index contributed by atoms with van der Waals surface area (Å²) in [5.74, 6) is 0.862. The van der Waals surface area contributed by atoms with Gasteiger partial charge in [-0.05, 0) is 42.0 Å². The van der Waals surface area contributed by atoms with Crippen LogP contribution in [0.5, 0.6) is 0 Å². The van der Waals surface area contributed by atoms with Gasteiger partial charge in [-0.15, -0.1) is 0 Å². The van der Waals surface area contributed by atoms with Crippen molar-refractivity contribution < 1.29 is 0 Å². The number of hydrogen-bond donors (Lipinski definition) is 0. The minimum absolute atomic E-state index is 0.862. The summed E-state index contributed by atoms with van der Waals surface area (Å²) in [6, 6.07) is 13.6. The highest BCUT2D eigenvalue weighted by atomic mass is 14.3. The van der Waals surface area contributed by atoms with Crippen LogP contribution in [0.3, 0.4) is 0 Å². The highest BCUT2D eigenvalue weighted by Gasteiger charge is 2.23. The topological polar surface area (TPSA) is 0 Å². The Kier molecular flexibility index (Phi) is 1.63. The molecule has 0 nitrogen and oxygen atoms in total. The second-order valence-corrected chi connectivity index (χ2v) is 4.38. The van der Waals surface area contributed by atoms with Crippen molar-refractivity contribution in [1.29, 1.82) is 0 Å². The van der Waals surface area contributed by atoms with Crippen LogP contribution in [-0.4, -0.2) is 0 Å². The van der Waals surface area contributed by atoms with Crippen molar-refractivity contribution in [3.8, 4) is 0 Å². The van der Waals surface area contributed by atoms with Crippen molar-refractivity contribution in [1.82, 2.24) is 0 Å². The Bertz CT molecular complexity index is 478. The van der Waals surface area contributed by atoms with Crippen LogP contribution in [0.1, 0.15) is 29.9 Å². The van der Waals surface area contributed by atoms with E-state index < -0.39 is 0 Å². The first kappa shape index (κ1) is 8.05. The third kappa shape index (κ3) is 1.31. The van der Waals surface area contributed by atoms with E-state index in [-0.39, 0.29) is 0 Å². The van der Waals surface area contributed by atoms with Gasteiger partial charge in [0.05, 0.1) is 0 Å². The van der Waals surface area contributed by atoms with Crippen LogP contribution in [0.25, 0.3) is 10.8 Å². The lowest BCUT2D eigenvalue weighted by Gasteiger charge is -2.02. The summed E-state index contributed by atoms with van der Waals surface area (Å²) in [5.41, 5.74) is 2.87. The molecular formula is C14H14. The van der Waals surface area contributed by atoms with E-state index in [0.717, 1.165) is 5.92 Å². The molecule has 0 atom stereocenters. The predicted molar refractivity (Wildman–Crippen MR) is 60.7 cm³/mol. The normalized spacial score (nSPS) is 16.1. The van der Waals surface area contributed by atoms with Gasteiger partial charge >= 0.3 is 0 Å². The van der Waals surface area contributed by atoms with Crippen LogP contribution in [-0.2, 0) is 0 Å². The maximum absolute atomic E-state index is 2.35. The van der Waals surface area contributed by atoms with Crippen LogP contribution in [0, 0.1) is 6.92 Å². The molecule has 2 aromatic carbocycles. The first-order valence-electron chi connectivity index (χ1n) is 5.33. The van der Waals surface area contributed by atoms with Crippen LogP contribution >= 0.6 is 0 Å². The van der Waals surface area contributed by atoms with Crippen LogP contribution in [0.4, 0.5) is 0 Å². The molecule has 0 amide bonds. The average Bonchev–Trinajstić information content (AvgIpc) is 3.00. The molecule has 2 aromatic rings. The Morgan fingerprint density at radius 1 is 0.929 bits per heavy atom. The van der Waals surface area contributed by atoms with Gasteiger partial charge in [-0.25, -0.2) is 0 Å². The molecule has 0 aliphatic heterocycles. The fraction of sp³-hybridized carbons (Fsp3) is 0.286. The summed E-state index contributed by atoms with van der Waals surface area (Å²) in [6.45, 7) is 2.15. The van der Waals surface area contributed by atoms with E-state index >= 15 is 0 Å². The molecule has 1 aliphatic carbocycles. The second kappa shape index (κ2) is 2.84. The van der Waals surface area contributed by atoms with Gasteiger partial charge in [-0.1, -0.05) is 42.0 Å². The zero-order valence-corrected chi connectivity index (χ0v) is 8.46. The molecule has 0 spiro atoms. The van der Waals surface area contributed by atoms with Crippen molar-refractivity contribution in [2.75, 3.05) is 0 Å². The highest BCUT2D eigenvalue weighted by Crippen LogP contribution is 2.40. The molecule has 1 saturated carbocycles. The first-order chi connectivity index (χ1) is 6.83. The fourth-order valence-electron chi connectivity index (χ4n) is 2.05. The molecule has 1 fully saturated rings. The SMILES string of the molecule is Cc1ccc2cc(C3CC3)ccc2c1. The lowest BCUT2D eigenvalue weighted by molar-refractivity contribution is 1.14. The summed E-state index contributed by atoms with van der Waals surface area (Å²) >= 11 is 0. The van der Waals surface area contributed by atoms with Crippen LogP contribution < -0.4 is 0 Å². The quantitative estimate of drug-likeness (QED) is 0.624. The van der Waals surface area contributed by atoms with E-state index in [1.54, 1.807) is 0 Å². The zero-order valence-electron chi connectivity index (χ0n) is 8.46. The molecule has 0 radical (unpaired) electrons. The number of aryl methyl sites for hydroxylation is 1. The largest absolute Gasteiger partial charge is 0.0587 e. The molecule has 0 N–H and O–H groups in total. The first-order valence-corrected chi connectivity index (χ1v) is 5.33. The Balaban J connectivity index is 2.18. The van der Waals surface area contributed by atoms with Gasteiger partial charge in [0.1, 0.15) is 0 Å². The number of benzene rings is 2. The van der Waals surface area contributed by atoms with Crippen molar-refractivity contribution in [2.45, 2.75) is 25.7 Å². The van der Waals surface area contributed by atoms with Crippen LogP contribution in [0.2, 0.25) is 0 Å². The number of rotatable bonds is 1. The van der Waals surface area contributed by atoms with E-state index in [1.165, 1.54) is 34.7 Å². The maximum Gasteiger partial charge on any atom is -0.0161 e. The van der Waals surface area contributed by atoms with Gasteiger partial charge in [0.25, 0.3) is 0 Å². The zero-order chi connectivity index (χ0) is 9.54. The Morgan fingerprint density at radius 3 is 2.43 bits per heavy atom. The maximum atomic E-state index is 2.35. The molecule has 0 unspecified atom stereocenters. The van der Waals surface area contributed by atoms with E-state index in [1.807, 2.05) is 0 Å². The summed E-state index contributed by atoms with van der Waals surface area (Å²) < 4.78 is 0. The molecule has 14 heavy (non-hydrogen) atoms. The fourth-order valence-corrected chi connectivity index (χ4v) is 2.05. The molecular weight excluding hydrogens is 168 g/mol. The standard InChI is InChI=1S/C14H14/c1-10-2-3-14-9-13(11-4-5-11)7-6-12(14)8-10/h2-3,6-9,11H,4-5H2,1H3. The highest BCUT2D eigenvalue weighted by molar-refractivity contribution is 5.84. The van der Waals surface area contributed by atoms with Gasteiger partial charge < -0.3 is 0 Å². The summed E-state index contributed by atoms with van der Waals surface area (Å²) in [4.78, 5) is 0. The van der Waals surface area contributed by atoms with Gasteiger partial charge in [0, 0.05) is 0 Å². The van der Waals surface area contributed by atoms with Crippen molar-refractivity contribution in [3.05, 3.63) is 47.5 Å². The molecule has 0 aromatic heterocycles. The Morgan fingerprint density at radius 2 is 1.64 bits per heavy atom. The monoisotopic (exact) mass is 182 g/mol. The molecule has 0 heterocycles. The lowest BCUT2D eigenvalue weighted by Crippen LogP contribution is -1.80. The minimum atomic E-state index is 0.862. The summed E-state index contributed by atoms with van der Waals surface area (Å²) in [5, 5.41) is 2.76. The molecule has 0 saturated heterocycles. The Labute approximate surface area is 84.6 Å². The van der Waals surface area contributed by atoms with Gasteiger partial charge in [0.2, 0.25) is 0 Å². The number of hydrogen-bond acceptors (Lipinski definition) is 0. The summed E-state index contributed by atoms with van der Waals surface area (Å²) in [7, 11) is 0. The third-order valence-corrected chi connectivity index (χ3v) is 3.07. The van der Waals surface area contributed by atoms with Crippen molar-refractivity contribution in [3.63, 3.8) is 0 Å². The molecule has 1 aliphatic rings. The number of fused-ring (bicyclic) bond motifs is 1. The molecule has 3 rings (SSSR count). The van der Waals surface area contributed by atoms with Gasteiger partial charge in [-0.2, -0.15) is 0 Å². The molecule has 0 heteroatoms. The predicted octanol–water partition coefficient (Wildman–Crippen LogP) is 4.03. The van der Waals surface area contributed by atoms with E-state index in [0.29, 0.717) is 0 Å². The van der Waals surface area contributed by atoms with E-state index in [2.05, 4.69) is 43.3 Å². The minimum Gasteiger partial charge on any atom is -0.0587 e. The lowest BCUT2D eigenvalue weighted by atomic mass is 10.0. The van der Waals surface area contributed by atoms with E-state index in [9.17, 15) is 0 Å². The molecule has 70 valence electrons. The van der Waals surface area contributed by atoms with Crippen LogP contribution in [0.15, 0.2) is 36.4 Å². The van der Waals surface area contributed by atoms with Crippen molar-refractivity contribution in [2.24, 2.45) is 0 Å². The van der Waals surface area contributed by atoms with Gasteiger partial charge in [-0.3, -0.25) is 0 Å². The van der Waals surface area contributed by atoms with E-state index in [4.69, 9.17) is 0 Å². The van der Waals surface area contributed by atoms with Crippen molar-refractivity contribution >= 4 is 10.8 Å².